The van der Waals surface area contributed by atoms with Crippen molar-refractivity contribution in [2.24, 2.45) is 11.7 Å². The van der Waals surface area contributed by atoms with Gasteiger partial charge < -0.3 is 16.0 Å². The zero-order valence-electron chi connectivity index (χ0n) is 15.4. The molecule has 1 atom stereocenters. The van der Waals surface area contributed by atoms with E-state index in [0.29, 0.717) is 28.3 Å². The maximum absolute atomic E-state index is 6.47. The van der Waals surface area contributed by atoms with Gasteiger partial charge in [-0.25, -0.2) is 15.0 Å². The number of likely N-dealkylation sites (tertiary alicyclic amines) is 1. The van der Waals surface area contributed by atoms with Gasteiger partial charge in [0.1, 0.15) is 17.8 Å². The molecule has 0 aromatic heterocycles. The number of rotatable bonds is 6. The molecule has 0 saturated carbocycles. The summed E-state index contributed by atoms with van der Waals surface area (Å²) in [4.78, 5) is 18.0. The summed E-state index contributed by atoms with van der Waals surface area (Å²) in [5, 5.41) is 4.58. The molecule has 0 bridgehead atoms. The van der Waals surface area contributed by atoms with Crippen molar-refractivity contribution in [2.75, 3.05) is 25.0 Å². The van der Waals surface area contributed by atoms with Crippen LogP contribution in [-0.4, -0.2) is 50.5 Å². The summed E-state index contributed by atoms with van der Waals surface area (Å²) < 4.78 is 0. The molecule has 1 fully saturated rings. The van der Waals surface area contributed by atoms with Crippen molar-refractivity contribution in [3.8, 4) is 11.5 Å². The Morgan fingerprint density at radius 2 is 2.00 bits per heavy atom. The highest BCUT2D eigenvalue weighted by Gasteiger charge is 2.25. The molecule has 0 amide bonds. The highest BCUT2D eigenvalue weighted by atomic mass is 35.5. The zero-order valence-corrected chi connectivity index (χ0v) is 16.9. The van der Waals surface area contributed by atoms with Gasteiger partial charge in [0.2, 0.25) is 0 Å². The smallest absolute Gasteiger partial charge is 0.184 e. The molecule has 4 N–H and O–H groups in total. The predicted octanol–water partition coefficient (Wildman–Crippen LogP) is 3.26. The van der Waals surface area contributed by atoms with E-state index < -0.39 is 0 Å². The largest absolute Gasteiger partial charge is 0.368 e. The van der Waals surface area contributed by atoms with E-state index in [9.17, 15) is 0 Å². The molecule has 1 aromatic carbocycles. The van der Waals surface area contributed by atoms with Crippen LogP contribution in [0.15, 0.2) is 30.9 Å². The molecule has 148 valence electrons. The molecule has 1 unspecified atom stereocenters. The number of halogens is 2. The van der Waals surface area contributed by atoms with Gasteiger partial charge in [-0.1, -0.05) is 29.3 Å². The van der Waals surface area contributed by atoms with Gasteiger partial charge in [0.15, 0.2) is 5.82 Å². The average Bonchev–Trinajstić information content (AvgIpc) is 3.19. The second-order valence-electron chi connectivity index (χ2n) is 7.23. The first-order valence-corrected chi connectivity index (χ1v) is 10.2. The standard InChI is InChI=1S/C19H23Cl2N7/c20-14-2-1-12(7-15(14)21)9-28-5-3-13(4-6-28)16(22)8-23-18-17-19(25-10-24-17)27-11-26-18/h1-2,7,10-11,13,16H,3-6,8-9,22H2,(H2,23,24,25,26,27). The van der Waals surface area contributed by atoms with Crippen LogP contribution in [0, 0.1) is 5.92 Å². The fraction of sp³-hybridized carbons (Fsp3) is 0.421. The minimum atomic E-state index is 0.0756. The van der Waals surface area contributed by atoms with Gasteiger partial charge in [-0.15, -0.1) is 0 Å². The van der Waals surface area contributed by atoms with Crippen molar-refractivity contribution in [3.05, 3.63) is 46.5 Å². The first-order valence-electron chi connectivity index (χ1n) is 9.40. The minimum Gasteiger partial charge on any atom is -0.368 e. The third-order valence-corrected chi connectivity index (χ3v) is 6.09. The van der Waals surface area contributed by atoms with Gasteiger partial charge in [0, 0.05) is 19.1 Å². The molecule has 3 aliphatic heterocycles. The van der Waals surface area contributed by atoms with Gasteiger partial charge in [0.05, 0.1) is 16.4 Å². The second-order valence-corrected chi connectivity index (χ2v) is 8.04. The van der Waals surface area contributed by atoms with E-state index in [-0.39, 0.29) is 6.04 Å². The number of H-pyrrole nitrogens is 1. The minimum absolute atomic E-state index is 0.0756. The fourth-order valence-corrected chi connectivity index (χ4v) is 4.03. The molecule has 3 heterocycles. The number of hydrogen-bond acceptors (Lipinski definition) is 6. The molecule has 9 heteroatoms. The summed E-state index contributed by atoms with van der Waals surface area (Å²) in [5.74, 6) is 1.93. The van der Waals surface area contributed by atoms with Crippen LogP contribution in [0.3, 0.4) is 0 Å². The lowest BCUT2D eigenvalue weighted by Gasteiger charge is -2.35. The number of fused-ring (bicyclic) bond motifs is 1. The van der Waals surface area contributed by atoms with Gasteiger partial charge in [-0.2, -0.15) is 0 Å². The van der Waals surface area contributed by atoms with Crippen LogP contribution in [-0.2, 0) is 6.54 Å². The summed E-state index contributed by atoms with van der Waals surface area (Å²) in [6.07, 6.45) is 5.29. The number of nitrogens with one attached hydrogen (secondary N) is 2. The zero-order chi connectivity index (χ0) is 19.5. The number of imidazole rings is 1. The van der Waals surface area contributed by atoms with E-state index >= 15 is 0 Å². The van der Waals surface area contributed by atoms with Crippen molar-refractivity contribution in [1.82, 2.24) is 24.8 Å². The third kappa shape index (κ3) is 4.38. The Morgan fingerprint density at radius 3 is 2.79 bits per heavy atom. The molecule has 1 saturated heterocycles. The molecule has 1 aromatic rings. The van der Waals surface area contributed by atoms with Gasteiger partial charge in [0.25, 0.3) is 0 Å². The molecule has 4 rings (SSSR count). The van der Waals surface area contributed by atoms with E-state index in [0.717, 1.165) is 44.0 Å². The molecule has 0 radical (unpaired) electrons. The van der Waals surface area contributed by atoms with E-state index in [1.54, 1.807) is 6.33 Å². The van der Waals surface area contributed by atoms with Crippen molar-refractivity contribution in [3.63, 3.8) is 0 Å². The van der Waals surface area contributed by atoms with Gasteiger partial charge >= 0.3 is 0 Å². The highest BCUT2D eigenvalue weighted by Crippen LogP contribution is 2.26. The molecular formula is C19H23Cl2N7. The lowest BCUT2D eigenvalue weighted by Crippen LogP contribution is -2.43. The normalized spacial score (nSPS) is 17.1. The summed E-state index contributed by atoms with van der Waals surface area (Å²) in [7, 11) is 0. The Bertz CT molecular complexity index is 892. The van der Waals surface area contributed by atoms with Crippen molar-refractivity contribution < 1.29 is 0 Å². The highest BCUT2D eigenvalue weighted by molar-refractivity contribution is 6.42. The van der Waals surface area contributed by atoms with E-state index in [2.05, 4.69) is 30.2 Å². The molecule has 3 aliphatic rings. The Kier molecular flexibility index (Phi) is 5.96. The molecule has 0 spiro atoms. The van der Waals surface area contributed by atoms with Crippen LogP contribution in [0.2, 0.25) is 10.0 Å². The molecular weight excluding hydrogens is 397 g/mol. The number of benzene rings is 1. The third-order valence-electron chi connectivity index (χ3n) is 5.35. The van der Waals surface area contributed by atoms with Crippen LogP contribution in [0.5, 0.6) is 0 Å². The van der Waals surface area contributed by atoms with Crippen LogP contribution in [0.1, 0.15) is 18.4 Å². The van der Waals surface area contributed by atoms with Crippen LogP contribution in [0.25, 0.3) is 11.5 Å². The Labute approximate surface area is 174 Å². The topological polar surface area (TPSA) is 95.7 Å². The SMILES string of the molecule is NC(CNc1[nH]cnc2ncnc1-2)C1CCN(Cc2ccc(Cl)c(Cl)c2)CC1. The molecule has 7 nitrogen and oxygen atoms in total. The summed E-state index contributed by atoms with van der Waals surface area (Å²) in [6, 6.07) is 5.92. The number of piperidine rings is 1. The maximum Gasteiger partial charge on any atom is 0.184 e. The maximum atomic E-state index is 6.47. The first kappa shape index (κ1) is 19.4. The Morgan fingerprint density at radius 1 is 1.18 bits per heavy atom. The van der Waals surface area contributed by atoms with Crippen molar-refractivity contribution in [2.45, 2.75) is 25.4 Å². The fourth-order valence-electron chi connectivity index (χ4n) is 3.71. The Balaban J connectivity index is 1.26. The lowest BCUT2D eigenvalue weighted by atomic mass is 9.89. The monoisotopic (exact) mass is 419 g/mol. The predicted molar refractivity (Wildman–Crippen MR) is 112 cm³/mol. The first-order chi connectivity index (χ1) is 13.6. The number of nitrogens with two attached hydrogens (primary N) is 1. The van der Waals surface area contributed by atoms with Gasteiger partial charge in [-0.3, -0.25) is 4.90 Å². The summed E-state index contributed by atoms with van der Waals surface area (Å²) in [6.45, 7) is 3.62. The summed E-state index contributed by atoms with van der Waals surface area (Å²) in [5.41, 5.74) is 8.40. The number of aromatic amines is 1. The number of anilines is 1. The number of hydrogen-bond donors (Lipinski definition) is 3. The van der Waals surface area contributed by atoms with E-state index in [1.807, 2.05) is 18.2 Å². The average molecular weight is 420 g/mol. The van der Waals surface area contributed by atoms with Crippen LogP contribution >= 0.6 is 23.2 Å². The van der Waals surface area contributed by atoms with Crippen LogP contribution in [0.4, 0.5) is 5.82 Å². The van der Waals surface area contributed by atoms with E-state index in [4.69, 9.17) is 28.9 Å². The second kappa shape index (κ2) is 8.61. The van der Waals surface area contributed by atoms with Gasteiger partial charge in [-0.05, 0) is 49.5 Å². The van der Waals surface area contributed by atoms with Crippen LogP contribution < -0.4 is 11.1 Å². The number of nitrogens with zero attached hydrogens (tertiary/aromatic N) is 4. The number of aromatic nitrogens is 4. The Hall–Kier alpha value is -1.93. The van der Waals surface area contributed by atoms with Crippen molar-refractivity contribution in [1.29, 1.82) is 0 Å². The lowest BCUT2D eigenvalue weighted by molar-refractivity contribution is 0.164. The molecule has 28 heavy (non-hydrogen) atoms. The van der Waals surface area contributed by atoms with E-state index in [1.165, 1.54) is 11.9 Å². The quantitative estimate of drug-likeness (QED) is 0.567. The summed E-state index contributed by atoms with van der Waals surface area (Å²) >= 11 is 12.1. The van der Waals surface area contributed by atoms with Crippen molar-refractivity contribution >= 4 is 29.0 Å². The molecule has 0 aliphatic carbocycles.